The van der Waals surface area contributed by atoms with Crippen LogP contribution in [0.2, 0.25) is 0 Å². The van der Waals surface area contributed by atoms with Crippen LogP contribution in [0.5, 0.6) is 0 Å². The summed E-state index contributed by atoms with van der Waals surface area (Å²) in [5.74, 6) is -0.301. The van der Waals surface area contributed by atoms with E-state index in [1.807, 2.05) is 0 Å². The van der Waals surface area contributed by atoms with Crippen molar-refractivity contribution >= 4 is 49.0 Å². The molecule has 0 saturated carbocycles. The van der Waals surface area contributed by atoms with Crippen molar-refractivity contribution < 1.29 is 18.0 Å². The van der Waals surface area contributed by atoms with Crippen molar-refractivity contribution in [3.63, 3.8) is 0 Å². The standard InChI is InChI=1S/C12H5Br2F3OS/c13-8-5-9(19-11(8)14)10(18)6-1-3-7(4-2-6)12(15,16)17/h1-5H. The zero-order valence-electron chi connectivity index (χ0n) is 9.09. The molecule has 1 aromatic heterocycles. The first-order valence-electron chi connectivity index (χ1n) is 4.96. The number of rotatable bonds is 2. The normalized spacial score (nSPS) is 11.6. The van der Waals surface area contributed by atoms with Crippen LogP contribution < -0.4 is 0 Å². The number of alkyl halides is 3. The minimum atomic E-state index is -4.39. The summed E-state index contributed by atoms with van der Waals surface area (Å²) in [5, 5.41) is 0. The lowest BCUT2D eigenvalue weighted by Gasteiger charge is -2.06. The lowest BCUT2D eigenvalue weighted by molar-refractivity contribution is -0.137. The molecule has 2 aromatic rings. The maximum atomic E-state index is 12.4. The molecule has 0 N–H and O–H groups in total. The van der Waals surface area contributed by atoms with Crippen LogP contribution in [0.15, 0.2) is 38.6 Å². The summed E-state index contributed by atoms with van der Waals surface area (Å²) in [5.41, 5.74) is -0.535. The van der Waals surface area contributed by atoms with Crippen LogP contribution in [-0.2, 0) is 6.18 Å². The molecule has 1 aromatic carbocycles. The monoisotopic (exact) mass is 412 g/mol. The molecule has 0 amide bonds. The van der Waals surface area contributed by atoms with Crippen LogP contribution in [0.25, 0.3) is 0 Å². The second-order valence-corrected chi connectivity index (χ2v) is 6.86. The highest BCUT2D eigenvalue weighted by atomic mass is 79.9. The van der Waals surface area contributed by atoms with Gasteiger partial charge in [-0.1, -0.05) is 12.1 Å². The van der Waals surface area contributed by atoms with Crippen LogP contribution in [0, 0.1) is 0 Å². The molecule has 0 aliphatic carbocycles. The third-order valence-electron chi connectivity index (χ3n) is 2.34. The Labute approximate surface area is 127 Å². The Morgan fingerprint density at radius 1 is 1.11 bits per heavy atom. The maximum Gasteiger partial charge on any atom is 0.416 e. The number of halogens is 5. The molecular weight excluding hydrogens is 409 g/mol. The Bertz CT molecular complexity index is 597. The minimum Gasteiger partial charge on any atom is -0.288 e. The summed E-state index contributed by atoms with van der Waals surface area (Å²) in [6, 6.07) is 5.82. The van der Waals surface area contributed by atoms with Crippen LogP contribution >= 0.6 is 43.2 Å². The molecule has 0 atom stereocenters. The van der Waals surface area contributed by atoms with Gasteiger partial charge in [0.05, 0.1) is 14.2 Å². The van der Waals surface area contributed by atoms with E-state index in [-0.39, 0.29) is 11.3 Å². The van der Waals surface area contributed by atoms with Gasteiger partial charge in [0.15, 0.2) is 0 Å². The highest BCUT2D eigenvalue weighted by Crippen LogP contribution is 2.34. The topological polar surface area (TPSA) is 17.1 Å². The Morgan fingerprint density at radius 2 is 1.68 bits per heavy atom. The smallest absolute Gasteiger partial charge is 0.288 e. The molecule has 0 unspecified atom stereocenters. The number of hydrogen-bond acceptors (Lipinski definition) is 2. The summed E-state index contributed by atoms with van der Waals surface area (Å²) >= 11 is 7.75. The van der Waals surface area contributed by atoms with E-state index in [9.17, 15) is 18.0 Å². The van der Waals surface area contributed by atoms with Crippen LogP contribution in [-0.4, -0.2) is 5.78 Å². The Balaban J connectivity index is 2.30. The fraction of sp³-hybridized carbons (Fsp3) is 0.0833. The fourth-order valence-corrected chi connectivity index (χ4v) is 3.41. The fourth-order valence-electron chi connectivity index (χ4n) is 1.41. The summed E-state index contributed by atoms with van der Waals surface area (Å²) in [6.07, 6.45) is -4.39. The van der Waals surface area contributed by atoms with Crippen molar-refractivity contribution in [2.45, 2.75) is 6.18 Å². The summed E-state index contributed by atoms with van der Waals surface area (Å²) < 4.78 is 38.7. The Kier molecular flexibility index (Phi) is 4.17. The van der Waals surface area contributed by atoms with Gasteiger partial charge in [-0.05, 0) is 50.1 Å². The third kappa shape index (κ3) is 3.27. The first kappa shape index (κ1) is 14.7. The second kappa shape index (κ2) is 5.38. The van der Waals surface area contributed by atoms with E-state index in [1.165, 1.54) is 23.5 Å². The average Bonchev–Trinajstić information content (AvgIpc) is 2.68. The Hall–Kier alpha value is -0.660. The predicted molar refractivity (Wildman–Crippen MR) is 74.6 cm³/mol. The molecule has 19 heavy (non-hydrogen) atoms. The number of hydrogen-bond donors (Lipinski definition) is 0. The van der Waals surface area contributed by atoms with Crippen molar-refractivity contribution in [1.82, 2.24) is 0 Å². The van der Waals surface area contributed by atoms with Gasteiger partial charge in [0.1, 0.15) is 0 Å². The van der Waals surface area contributed by atoms with Gasteiger partial charge in [0.2, 0.25) is 5.78 Å². The summed E-state index contributed by atoms with van der Waals surface area (Å²) in [6.45, 7) is 0. The van der Waals surface area contributed by atoms with Crippen LogP contribution in [0.1, 0.15) is 20.8 Å². The van der Waals surface area contributed by atoms with Crippen LogP contribution in [0.4, 0.5) is 13.2 Å². The summed E-state index contributed by atoms with van der Waals surface area (Å²) in [4.78, 5) is 12.5. The first-order valence-corrected chi connectivity index (χ1v) is 7.36. The molecule has 0 radical (unpaired) electrons. The number of ketones is 1. The molecule has 0 saturated heterocycles. The minimum absolute atomic E-state index is 0.231. The molecule has 2 rings (SSSR count). The average molecular weight is 414 g/mol. The van der Waals surface area contributed by atoms with E-state index < -0.39 is 11.7 Å². The van der Waals surface area contributed by atoms with E-state index in [0.717, 1.165) is 20.4 Å². The van der Waals surface area contributed by atoms with Gasteiger partial charge < -0.3 is 0 Å². The molecule has 0 aliphatic heterocycles. The largest absolute Gasteiger partial charge is 0.416 e. The van der Waals surface area contributed by atoms with Crippen molar-refractivity contribution in [2.75, 3.05) is 0 Å². The number of carbonyl (C=O) groups excluding carboxylic acids is 1. The quantitative estimate of drug-likeness (QED) is 0.592. The number of carbonyl (C=O) groups is 1. The van der Waals surface area contributed by atoms with Gasteiger partial charge in [-0.15, -0.1) is 11.3 Å². The molecule has 0 aliphatic rings. The van der Waals surface area contributed by atoms with Gasteiger partial charge >= 0.3 is 6.18 Å². The Morgan fingerprint density at radius 3 is 2.11 bits per heavy atom. The molecule has 7 heteroatoms. The van der Waals surface area contributed by atoms with Gasteiger partial charge in [-0.3, -0.25) is 4.79 Å². The lowest BCUT2D eigenvalue weighted by atomic mass is 10.1. The third-order valence-corrected chi connectivity index (χ3v) is 5.60. The zero-order valence-corrected chi connectivity index (χ0v) is 13.1. The van der Waals surface area contributed by atoms with Crippen molar-refractivity contribution in [1.29, 1.82) is 0 Å². The SMILES string of the molecule is O=C(c1ccc(C(F)(F)F)cc1)c1cc(Br)c(Br)s1. The van der Waals surface area contributed by atoms with E-state index >= 15 is 0 Å². The molecular formula is C12H5Br2F3OS. The first-order chi connectivity index (χ1) is 8.79. The van der Waals surface area contributed by atoms with E-state index in [2.05, 4.69) is 31.9 Å². The zero-order chi connectivity index (χ0) is 14.2. The highest BCUT2D eigenvalue weighted by molar-refractivity contribution is 9.13. The highest BCUT2D eigenvalue weighted by Gasteiger charge is 2.30. The molecule has 0 fully saturated rings. The van der Waals surface area contributed by atoms with Crippen molar-refractivity contribution in [3.8, 4) is 0 Å². The second-order valence-electron chi connectivity index (χ2n) is 3.64. The molecule has 1 heterocycles. The van der Waals surface area contributed by atoms with Gasteiger partial charge in [-0.2, -0.15) is 13.2 Å². The van der Waals surface area contributed by atoms with E-state index in [4.69, 9.17) is 0 Å². The van der Waals surface area contributed by atoms with Gasteiger partial charge in [0, 0.05) is 10.0 Å². The predicted octanol–water partition coefficient (Wildman–Crippen LogP) is 5.52. The molecule has 100 valence electrons. The van der Waals surface area contributed by atoms with Gasteiger partial charge in [-0.25, -0.2) is 0 Å². The van der Waals surface area contributed by atoms with E-state index in [0.29, 0.717) is 4.88 Å². The number of benzene rings is 1. The number of thiophene rings is 1. The van der Waals surface area contributed by atoms with Crippen LogP contribution in [0.3, 0.4) is 0 Å². The molecule has 1 nitrogen and oxygen atoms in total. The van der Waals surface area contributed by atoms with E-state index in [1.54, 1.807) is 6.07 Å². The van der Waals surface area contributed by atoms with Gasteiger partial charge in [0.25, 0.3) is 0 Å². The summed E-state index contributed by atoms with van der Waals surface area (Å²) in [7, 11) is 0. The lowest BCUT2D eigenvalue weighted by Crippen LogP contribution is -2.06. The molecule has 0 spiro atoms. The van der Waals surface area contributed by atoms with Crippen molar-refractivity contribution in [3.05, 3.63) is 54.6 Å². The molecule has 0 bridgehead atoms. The maximum absolute atomic E-state index is 12.4. The van der Waals surface area contributed by atoms with Crippen molar-refractivity contribution in [2.24, 2.45) is 0 Å².